The first kappa shape index (κ1) is 13.5. The van der Waals surface area contributed by atoms with Gasteiger partial charge in [0.1, 0.15) is 6.29 Å². The summed E-state index contributed by atoms with van der Waals surface area (Å²) in [6, 6.07) is 0. The topological polar surface area (TPSA) is 61.8 Å². The monoisotopic (exact) mass is 256 g/mol. The minimum Gasteiger partial charge on any atom is -0.469 e. The fourth-order valence-electron chi connectivity index (χ4n) is 2.82. The van der Waals surface area contributed by atoms with E-state index in [1.165, 1.54) is 7.11 Å². The maximum Gasteiger partial charge on any atom is 0.308 e. The van der Waals surface area contributed by atoms with Crippen LogP contribution in [0.25, 0.3) is 0 Å². The zero-order chi connectivity index (χ0) is 13.0. The van der Waals surface area contributed by atoms with E-state index in [9.17, 15) is 9.59 Å². The number of carbonyl (C=O) groups excluding carboxylic acids is 2. The Bertz CT molecular complexity index is 309. The van der Waals surface area contributed by atoms with Crippen LogP contribution in [0.3, 0.4) is 0 Å². The van der Waals surface area contributed by atoms with Crippen molar-refractivity contribution in [3.63, 3.8) is 0 Å². The van der Waals surface area contributed by atoms with Crippen molar-refractivity contribution < 1.29 is 23.8 Å². The molecule has 0 aromatic carbocycles. The van der Waals surface area contributed by atoms with Crippen LogP contribution in [0, 0.1) is 0 Å². The summed E-state index contributed by atoms with van der Waals surface area (Å²) in [5.41, 5.74) is 0. The molecule has 5 heteroatoms. The van der Waals surface area contributed by atoms with Crippen molar-refractivity contribution in [1.82, 2.24) is 0 Å². The highest BCUT2D eigenvalue weighted by Gasteiger charge is 2.44. The van der Waals surface area contributed by atoms with Gasteiger partial charge in [0, 0.05) is 25.7 Å². The van der Waals surface area contributed by atoms with Gasteiger partial charge in [0.05, 0.1) is 25.7 Å². The molecule has 1 saturated carbocycles. The van der Waals surface area contributed by atoms with E-state index in [1.807, 2.05) is 0 Å². The van der Waals surface area contributed by atoms with Crippen LogP contribution >= 0.6 is 0 Å². The molecule has 1 heterocycles. The fourth-order valence-corrected chi connectivity index (χ4v) is 2.82. The highest BCUT2D eigenvalue weighted by atomic mass is 16.7. The first-order valence-corrected chi connectivity index (χ1v) is 6.53. The quantitative estimate of drug-likeness (QED) is 0.564. The fraction of sp³-hybridized carbons (Fsp3) is 0.846. The molecule has 1 spiro atoms. The molecule has 18 heavy (non-hydrogen) atoms. The summed E-state index contributed by atoms with van der Waals surface area (Å²) in [6.45, 7) is 0. The van der Waals surface area contributed by atoms with Crippen LogP contribution in [0.4, 0.5) is 0 Å². The van der Waals surface area contributed by atoms with Crippen LogP contribution in [0.2, 0.25) is 0 Å². The SMILES string of the molecule is COC(=O)CC1CC(CC=O)OC2(CCCC2)O1. The van der Waals surface area contributed by atoms with Crippen molar-refractivity contribution in [2.45, 2.75) is 62.9 Å². The molecule has 2 unspecified atom stereocenters. The second-order valence-corrected chi connectivity index (χ2v) is 5.02. The lowest BCUT2D eigenvalue weighted by Crippen LogP contribution is -2.47. The summed E-state index contributed by atoms with van der Waals surface area (Å²) >= 11 is 0. The van der Waals surface area contributed by atoms with Gasteiger partial charge in [-0.05, 0) is 12.8 Å². The van der Waals surface area contributed by atoms with Gasteiger partial charge >= 0.3 is 5.97 Å². The van der Waals surface area contributed by atoms with Crippen LogP contribution in [0.15, 0.2) is 0 Å². The molecular weight excluding hydrogens is 236 g/mol. The molecule has 2 fully saturated rings. The molecular formula is C13H20O5. The van der Waals surface area contributed by atoms with E-state index in [0.717, 1.165) is 32.0 Å². The lowest BCUT2D eigenvalue weighted by atomic mass is 10.0. The summed E-state index contributed by atoms with van der Waals surface area (Å²) in [5, 5.41) is 0. The Morgan fingerprint density at radius 1 is 1.33 bits per heavy atom. The molecule has 0 aromatic heterocycles. The van der Waals surface area contributed by atoms with E-state index in [2.05, 4.69) is 4.74 Å². The van der Waals surface area contributed by atoms with Gasteiger partial charge in [-0.15, -0.1) is 0 Å². The summed E-state index contributed by atoms with van der Waals surface area (Å²) in [6.07, 6.45) is 5.54. The van der Waals surface area contributed by atoms with E-state index in [0.29, 0.717) is 12.8 Å². The predicted octanol–water partition coefficient (Wildman–Crippen LogP) is 1.58. The van der Waals surface area contributed by atoms with Gasteiger partial charge in [-0.25, -0.2) is 0 Å². The standard InChI is InChI=1S/C13H20O5/c1-16-12(15)9-11-8-10(4-7-14)17-13(18-11)5-2-3-6-13/h7,10-11H,2-6,8-9H2,1H3. The van der Waals surface area contributed by atoms with Crippen molar-refractivity contribution in [3.8, 4) is 0 Å². The zero-order valence-corrected chi connectivity index (χ0v) is 10.7. The van der Waals surface area contributed by atoms with Crippen molar-refractivity contribution in [3.05, 3.63) is 0 Å². The van der Waals surface area contributed by atoms with Gasteiger partial charge in [-0.1, -0.05) is 0 Å². The minimum absolute atomic E-state index is 0.135. The van der Waals surface area contributed by atoms with Crippen molar-refractivity contribution in [1.29, 1.82) is 0 Å². The van der Waals surface area contributed by atoms with Gasteiger partial charge in [0.25, 0.3) is 0 Å². The van der Waals surface area contributed by atoms with E-state index in [1.54, 1.807) is 0 Å². The highest BCUT2D eigenvalue weighted by Crippen LogP contribution is 2.41. The summed E-state index contributed by atoms with van der Waals surface area (Å²) < 4.78 is 16.5. The second-order valence-electron chi connectivity index (χ2n) is 5.02. The Labute approximate surface area is 107 Å². The molecule has 2 rings (SSSR count). The third-order valence-electron chi connectivity index (χ3n) is 3.64. The molecule has 0 amide bonds. The number of esters is 1. The van der Waals surface area contributed by atoms with Crippen LogP contribution in [-0.2, 0) is 23.8 Å². The van der Waals surface area contributed by atoms with Gasteiger partial charge in [0.15, 0.2) is 5.79 Å². The van der Waals surface area contributed by atoms with Crippen LogP contribution in [-0.4, -0.2) is 37.4 Å². The Balaban J connectivity index is 2.01. The second kappa shape index (κ2) is 5.80. The lowest BCUT2D eigenvalue weighted by Gasteiger charge is -2.42. The Morgan fingerprint density at radius 2 is 2.00 bits per heavy atom. The lowest BCUT2D eigenvalue weighted by molar-refractivity contribution is -0.313. The molecule has 0 aromatic rings. The average molecular weight is 256 g/mol. The molecule has 0 radical (unpaired) electrons. The van der Waals surface area contributed by atoms with E-state index < -0.39 is 5.79 Å². The first-order chi connectivity index (χ1) is 8.67. The summed E-state index contributed by atoms with van der Waals surface area (Å²) in [5.74, 6) is -0.843. The maximum absolute atomic E-state index is 11.3. The molecule has 0 N–H and O–H groups in total. The van der Waals surface area contributed by atoms with Crippen molar-refractivity contribution in [2.24, 2.45) is 0 Å². The maximum atomic E-state index is 11.3. The summed E-state index contributed by atoms with van der Waals surface area (Å²) in [4.78, 5) is 22.0. The summed E-state index contributed by atoms with van der Waals surface area (Å²) in [7, 11) is 1.37. The normalized spacial score (nSPS) is 30.3. The van der Waals surface area contributed by atoms with Crippen LogP contribution < -0.4 is 0 Å². The Morgan fingerprint density at radius 3 is 2.61 bits per heavy atom. The number of ether oxygens (including phenoxy) is 3. The van der Waals surface area contributed by atoms with Gasteiger partial charge in [-0.2, -0.15) is 0 Å². The first-order valence-electron chi connectivity index (χ1n) is 6.53. The van der Waals surface area contributed by atoms with Crippen molar-refractivity contribution in [2.75, 3.05) is 7.11 Å². The molecule has 2 aliphatic rings. The van der Waals surface area contributed by atoms with Crippen LogP contribution in [0.5, 0.6) is 0 Å². The van der Waals surface area contributed by atoms with Crippen molar-refractivity contribution >= 4 is 12.3 Å². The van der Waals surface area contributed by atoms with Crippen LogP contribution in [0.1, 0.15) is 44.9 Å². The van der Waals surface area contributed by atoms with E-state index in [4.69, 9.17) is 9.47 Å². The third-order valence-corrected chi connectivity index (χ3v) is 3.64. The number of carbonyl (C=O) groups is 2. The Hall–Kier alpha value is -0.940. The van der Waals surface area contributed by atoms with Gasteiger partial charge in [0.2, 0.25) is 0 Å². The van der Waals surface area contributed by atoms with E-state index in [-0.39, 0.29) is 24.6 Å². The van der Waals surface area contributed by atoms with E-state index >= 15 is 0 Å². The Kier molecular flexibility index (Phi) is 4.35. The molecule has 102 valence electrons. The third kappa shape index (κ3) is 3.09. The van der Waals surface area contributed by atoms with Gasteiger partial charge in [-0.3, -0.25) is 4.79 Å². The number of rotatable bonds is 4. The molecule has 1 saturated heterocycles. The number of hydrogen-bond acceptors (Lipinski definition) is 5. The highest BCUT2D eigenvalue weighted by molar-refractivity contribution is 5.69. The smallest absolute Gasteiger partial charge is 0.308 e. The largest absolute Gasteiger partial charge is 0.469 e. The van der Waals surface area contributed by atoms with Gasteiger partial charge < -0.3 is 19.0 Å². The zero-order valence-electron chi connectivity index (χ0n) is 10.7. The molecule has 1 aliphatic carbocycles. The average Bonchev–Trinajstić information content (AvgIpc) is 2.76. The molecule has 5 nitrogen and oxygen atoms in total. The molecule has 1 aliphatic heterocycles. The predicted molar refractivity (Wildman–Crippen MR) is 62.9 cm³/mol. The number of methoxy groups -OCH3 is 1. The molecule has 2 atom stereocenters. The number of hydrogen-bond donors (Lipinski definition) is 0. The molecule has 0 bridgehead atoms. The minimum atomic E-state index is -0.565. The number of aldehydes is 1.